The van der Waals surface area contributed by atoms with Crippen LogP contribution in [0.15, 0.2) is 48.7 Å². The smallest absolute Gasteiger partial charge is 0.0848 e. The molecule has 0 aliphatic heterocycles. The van der Waals surface area contributed by atoms with Gasteiger partial charge in [0.2, 0.25) is 0 Å². The summed E-state index contributed by atoms with van der Waals surface area (Å²) in [5.41, 5.74) is 2.83. The van der Waals surface area contributed by atoms with Crippen molar-refractivity contribution in [1.82, 2.24) is 4.98 Å². The number of fused-ring (bicyclic) bond motifs is 1. The second kappa shape index (κ2) is 5.11. The molecule has 1 aromatic heterocycles. The van der Waals surface area contributed by atoms with E-state index in [9.17, 15) is 5.11 Å². The van der Waals surface area contributed by atoms with E-state index >= 15 is 0 Å². The summed E-state index contributed by atoms with van der Waals surface area (Å²) in [6, 6.07) is 9.81. The molecule has 0 aliphatic carbocycles. The van der Waals surface area contributed by atoms with Crippen molar-refractivity contribution in [3.8, 4) is 0 Å². The number of aromatic nitrogens is 1. The van der Waals surface area contributed by atoms with E-state index in [4.69, 9.17) is 0 Å². The van der Waals surface area contributed by atoms with Crippen molar-refractivity contribution in [2.75, 3.05) is 0 Å². The van der Waals surface area contributed by atoms with Gasteiger partial charge in [-0.15, -0.1) is 0 Å². The molecule has 0 spiro atoms. The second-order valence-electron chi connectivity index (χ2n) is 4.25. The molecule has 2 heteroatoms. The van der Waals surface area contributed by atoms with E-state index in [-0.39, 0.29) is 0 Å². The topological polar surface area (TPSA) is 33.1 Å². The number of hydrogen-bond donors (Lipinski definition) is 1. The van der Waals surface area contributed by atoms with E-state index in [1.807, 2.05) is 30.3 Å². The van der Waals surface area contributed by atoms with Crippen molar-refractivity contribution < 1.29 is 5.11 Å². The molecule has 0 radical (unpaired) electrons. The summed E-state index contributed by atoms with van der Waals surface area (Å²) in [6.07, 6.45) is 2.75. The number of aliphatic hydroxyl groups is 1. The maximum atomic E-state index is 10.2. The Morgan fingerprint density at radius 1 is 1.35 bits per heavy atom. The predicted octanol–water partition coefficient (Wildman–Crippen LogP) is 3.62. The summed E-state index contributed by atoms with van der Waals surface area (Å²) in [5, 5.41) is 11.3. The zero-order valence-electron chi connectivity index (χ0n) is 10.1. The lowest BCUT2D eigenvalue weighted by Gasteiger charge is -2.13. The molecular formula is C15H17NO. The van der Waals surface area contributed by atoms with Gasteiger partial charge in [-0.1, -0.05) is 43.3 Å². The summed E-state index contributed by atoms with van der Waals surface area (Å²) in [6.45, 7) is 5.99. The number of rotatable bonds is 4. The van der Waals surface area contributed by atoms with Crippen molar-refractivity contribution in [3.63, 3.8) is 0 Å². The van der Waals surface area contributed by atoms with Crippen LogP contribution < -0.4 is 0 Å². The summed E-state index contributed by atoms with van der Waals surface area (Å²) >= 11 is 0. The van der Waals surface area contributed by atoms with Gasteiger partial charge in [0.15, 0.2) is 0 Å². The van der Waals surface area contributed by atoms with Crippen LogP contribution in [0.4, 0.5) is 0 Å². The highest BCUT2D eigenvalue weighted by molar-refractivity contribution is 5.81. The van der Waals surface area contributed by atoms with Crippen molar-refractivity contribution in [3.05, 3.63) is 54.2 Å². The number of para-hydroxylation sites is 1. The standard InChI is InChI=1S/C15H17NO/c1-3-11(2)10-14(17)13-8-4-6-12-7-5-9-16-15(12)13/h4-9,14,17H,2-3,10H2,1H3. The molecule has 1 unspecified atom stereocenters. The third-order valence-corrected chi connectivity index (χ3v) is 3.00. The van der Waals surface area contributed by atoms with E-state index in [1.54, 1.807) is 6.20 Å². The minimum absolute atomic E-state index is 0.513. The van der Waals surface area contributed by atoms with Gasteiger partial charge in [-0.3, -0.25) is 4.98 Å². The van der Waals surface area contributed by atoms with Crippen LogP contribution >= 0.6 is 0 Å². The van der Waals surface area contributed by atoms with Gasteiger partial charge < -0.3 is 5.11 Å². The Bertz CT molecular complexity index is 528. The Hall–Kier alpha value is -1.67. The highest BCUT2D eigenvalue weighted by Gasteiger charge is 2.12. The van der Waals surface area contributed by atoms with E-state index in [0.29, 0.717) is 6.42 Å². The quantitative estimate of drug-likeness (QED) is 0.809. The molecule has 17 heavy (non-hydrogen) atoms. The number of pyridine rings is 1. The predicted molar refractivity (Wildman–Crippen MR) is 70.8 cm³/mol. The van der Waals surface area contributed by atoms with Gasteiger partial charge in [0.1, 0.15) is 0 Å². The van der Waals surface area contributed by atoms with Crippen molar-refractivity contribution in [1.29, 1.82) is 0 Å². The molecule has 1 atom stereocenters. The zero-order valence-corrected chi connectivity index (χ0v) is 10.1. The molecule has 1 aromatic carbocycles. The highest BCUT2D eigenvalue weighted by atomic mass is 16.3. The van der Waals surface area contributed by atoms with Gasteiger partial charge in [0.25, 0.3) is 0 Å². The van der Waals surface area contributed by atoms with Gasteiger partial charge in [0.05, 0.1) is 11.6 Å². The van der Waals surface area contributed by atoms with Gasteiger partial charge >= 0.3 is 0 Å². The summed E-state index contributed by atoms with van der Waals surface area (Å²) < 4.78 is 0. The number of aliphatic hydroxyl groups excluding tert-OH is 1. The Morgan fingerprint density at radius 2 is 2.12 bits per heavy atom. The maximum absolute atomic E-state index is 10.2. The molecule has 0 amide bonds. The lowest BCUT2D eigenvalue weighted by molar-refractivity contribution is 0.179. The van der Waals surface area contributed by atoms with E-state index in [2.05, 4.69) is 18.5 Å². The Morgan fingerprint density at radius 3 is 2.88 bits per heavy atom. The fraction of sp³-hybridized carbons (Fsp3) is 0.267. The van der Waals surface area contributed by atoms with Crippen LogP contribution in [0.2, 0.25) is 0 Å². The molecule has 1 N–H and O–H groups in total. The average molecular weight is 227 g/mol. The van der Waals surface area contributed by atoms with Gasteiger partial charge in [0, 0.05) is 17.1 Å². The van der Waals surface area contributed by atoms with Crippen LogP contribution in [-0.2, 0) is 0 Å². The Balaban J connectivity index is 2.38. The van der Waals surface area contributed by atoms with Gasteiger partial charge in [-0.25, -0.2) is 0 Å². The number of hydrogen-bond acceptors (Lipinski definition) is 2. The zero-order chi connectivity index (χ0) is 12.3. The fourth-order valence-electron chi connectivity index (χ4n) is 1.92. The largest absolute Gasteiger partial charge is 0.388 e. The van der Waals surface area contributed by atoms with Crippen LogP contribution in [0.5, 0.6) is 0 Å². The molecule has 0 aliphatic rings. The normalized spacial score (nSPS) is 12.6. The van der Waals surface area contributed by atoms with Crippen molar-refractivity contribution >= 4 is 10.9 Å². The molecule has 0 saturated carbocycles. The number of nitrogens with zero attached hydrogens (tertiary/aromatic N) is 1. The van der Waals surface area contributed by atoms with Crippen molar-refractivity contribution in [2.24, 2.45) is 0 Å². The SMILES string of the molecule is C=C(CC)CC(O)c1cccc2cccnc12. The van der Waals surface area contributed by atoms with Crippen LogP contribution in [0.3, 0.4) is 0 Å². The number of benzene rings is 1. The summed E-state index contributed by atoms with van der Waals surface area (Å²) in [4.78, 5) is 4.35. The third-order valence-electron chi connectivity index (χ3n) is 3.00. The Kier molecular flexibility index (Phi) is 3.55. The minimum atomic E-state index is -0.513. The first-order chi connectivity index (χ1) is 8.22. The maximum Gasteiger partial charge on any atom is 0.0848 e. The van der Waals surface area contributed by atoms with E-state index < -0.39 is 6.10 Å². The van der Waals surface area contributed by atoms with E-state index in [0.717, 1.165) is 28.5 Å². The lowest BCUT2D eigenvalue weighted by Crippen LogP contribution is -2.00. The molecule has 2 aromatic rings. The monoisotopic (exact) mass is 227 g/mol. The van der Waals surface area contributed by atoms with E-state index in [1.165, 1.54) is 0 Å². The molecule has 1 heterocycles. The van der Waals surface area contributed by atoms with Crippen LogP contribution in [0, 0.1) is 0 Å². The minimum Gasteiger partial charge on any atom is -0.388 e. The summed E-state index contributed by atoms with van der Waals surface area (Å²) in [5.74, 6) is 0. The average Bonchev–Trinajstić information content (AvgIpc) is 2.37. The molecular weight excluding hydrogens is 210 g/mol. The summed E-state index contributed by atoms with van der Waals surface area (Å²) in [7, 11) is 0. The first-order valence-corrected chi connectivity index (χ1v) is 5.90. The fourth-order valence-corrected chi connectivity index (χ4v) is 1.92. The van der Waals surface area contributed by atoms with Crippen molar-refractivity contribution in [2.45, 2.75) is 25.9 Å². The molecule has 0 fully saturated rings. The van der Waals surface area contributed by atoms with Crippen LogP contribution in [0.25, 0.3) is 10.9 Å². The lowest BCUT2D eigenvalue weighted by atomic mass is 9.99. The Labute approximate surface area is 102 Å². The first-order valence-electron chi connectivity index (χ1n) is 5.90. The molecule has 0 saturated heterocycles. The molecule has 2 rings (SSSR count). The van der Waals surface area contributed by atoms with Gasteiger partial charge in [-0.2, -0.15) is 0 Å². The highest BCUT2D eigenvalue weighted by Crippen LogP contribution is 2.27. The molecule has 88 valence electrons. The first kappa shape index (κ1) is 11.8. The molecule has 2 nitrogen and oxygen atoms in total. The molecule has 0 bridgehead atoms. The second-order valence-corrected chi connectivity index (χ2v) is 4.25. The van der Waals surface area contributed by atoms with Crippen LogP contribution in [-0.4, -0.2) is 10.1 Å². The van der Waals surface area contributed by atoms with Gasteiger partial charge in [-0.05, 0) is 18.9 Å². The third kappa shape index (κ3) is 2.53. The van der Waals surface area contributed by atoms with Crippen LogP contribution in [0.1, 0.15) is 31.4 Å².